The lowest BCUT2D eigenvalue weighted by atomic mass is 9.75. The number of para-hydroxylation sites is 1. The van der Waals surface area contributed by atoms with E-state index in [1.54, 1.807) is 0 Å². The van der Waals surface area contributed by atoms with Crippen LogP contribution in [-0.4, -0.2) is 12.5 Å². The first kappa shape index (κ1) is 12.9. The van der Waals surface area contributed by atoms with E-state index in [1.807, 2.05) is 35.2 Å². The van der Waals surface area contributed by atoms with Crippen LogP contribution in [0.3, 0.4) is 0 Å². The van der Waals surface area contributed by atoms with Crippen LogP contribution >= 0.6 is 0 Å². The molecule has 2 rings (SSSR count). The van der Waals surface area contributed by atoms with Crippen molar-refractivity contribution in [3.63, 3.8) is 0 Å². The Labute approximate surface area is 109 Å². The predicted octanol–water partition coefficient (Wildman–Crippen LogP) is 3.64. The Hall–Kier alpha value is -1.57. The molecular formula is C16H21NO. The molecule has 18 heavy (non-hydrogen) atoms. The number of benzene rings is 1. The van der Waals surface area contributed by atoms with Crippen molar-refractivity contribution in [2.45, 2.75) is 27.2 Å². The van der Waals surface area contributed by atoms with Crippen molar-refractivity contribution in [3.05, 3.63) is 42.5 Å². The number of anilines is 1. The molecule has 96 valence electrons. The van der Waals surface area contributed by atoms with E-state index in [0.717, 1.165) is 24.2 Å². The second-order valence-electron chi connectivity index (χ2n) is 6.12. The average Bonchev–Trinajstić information content (AvgIpc) is 2.32. The van der Waals surface area contributed by atoms with Crippen LogP contribution in [0.5, 0.6) is 0 Å². The molecule has 0 saturated carbocycles. The molecule has 2 heteroatoms. The van der Waals surface area contributed by atoms with E-state index >= 15 is 0 Å². The van der Waals surface area contributed by atoms with Gasteiger partial charge < -0.3 is 4.90 Å². The Bertz CT molecular complexity index is 456. The Balaban J connectivity index is 2.29. The van der Waals surface area contributed by atoms with E-state index in [1.165, 1.54) is 0 Å². The second kappa shape index (κ2) is 4.60. The summed E-state index contributed by atoms with van der Waals surface area (Å²) in [6.45, 7) is 11.4. The molecule has 0 aliphatic carbocycles. The standard InChI is InChI=1S/C16H21NO/c1-12-10-13(16(2,3)4)11-17(15(12)18)14-8-6-5-7-9-14/h5-9,13H,1,10-11H2,2-4H3/t13-/m1/s1. The van der Waals surface area contributed by atoms with Gasteiger partial charge in [0.2, 0.25) is 0 Å². The molecular weight excluding hydrogens is 222 g/mol. The number of carbonyl (C=O) groups excluding carboxylic acids is 1. The van der Waals surface area contributed by atoms with Crippen LogP contribution in [0.4, 0.5) is 5.69 Å². The maximum absolute atomic E-state index is 12.2. The Morgan fingerprint density at radius 1 is 1.22 bits per heavy atom. The molecule has 2 nitrogen and oxygen atoms in total. The summed E-state index contributed by atoms with van der Waals surface area (Å²) in [7, 11) is 0. The number of piperidine rings is 1. The number of hydrogen-bond donors (Lipinski definition) is 0. The van der Waals surface area contributed by atoms with Gasteiger partial charge in [0, 0.05) is 17.8 Å². The molecule has 0 unspecified atom stereocenters. The summed E-state index contributed by atoms with van der Waals surface area (Å²) in [5, 5.41) is 0. The van der Waals surface area contributed by atoms with Gasteiger partial charge in [-0.1, -0.05) is 45.5 Å². The summed E-state index contributed by atoms with van der Waals surface area (Å²) in [5.74, 6) is 0.532. The molecule has 1 atom stereocenters. The monoisotopic (exact) mass is 243 g/mol. The van der Waals surface area contributed by atoms with Crippen LogP contribution in [-0.2, 0) is 4.79 Å². The number of carbonyl (C=O) groups is 1. The molecule has 1 heterocycles. The highest BCUT2D eigenvalue weighted by atomic mass is 16.2. The van der Waals surface area contributed by atoms with Crippen molar-refractivity contribution >= 4 is 11.6 Å². The first-order valence-electron chi connectivity index (χ1n) is 6.44. The molecule has 0 radical (unpaired) electrons. The molecule has 1 aliphatic heterocycles. The molecule has 1 fully saturated rings. The zero-order valence-electron chi connectivity index (χ0n) is 11.4. The van der Waals surface area contributed by atoms with Gasteiger partial charge >= 0.3 is 0 Å². The second-order valence-corrected chi connectivity index (χ2v) is 6.12. The molecule has 0 bridgehead atoms. The van der Waals surface area contributed by atoms with Crippen LogP contribution in [0, 0.1) is 11.3 Å². The van der Waals surface area contributed by atoms with E-state index in [0.29, 0.717) is 5.92 Å². The first-order chi connectivity index (χ1) is 8.39. The number of nitrogens with zero attached hydrogens (tertiary/aromatic N) is 1. The molecule has 1 aromatic rings. The third-order valence-corrected chi connectivity index (χ3v) is 3.74. The normalized spacial score (nSPS) is 21.3. The lowest BCUT2D eigenvalue weighted by Crippen LogP contribution is -2.45. The summed E-state index contributed by atoms with van der Waals surface area (Å²) < 4.78 is 0. The van der Waals surface area contributed by atoms with Crippen molar-refractivity contribution in [2.24, 2.45) is 11.3 Å². The minimum absolute atomic E-state index is 0.0710. The molecule has 0 N–H and O–H groups in total. The fourth-order valence-corrected chi connectivity index (χ4v) is 2.35. The number of rotatable bonds is 1. The van der Waals surface area contributed by atoms with E-state index in [2.05, 4.69) is 27.4 Å². The smallest absolute Gasteiger partial charge is 0.253 e. The molecule has 1 aromatic carbocycles. The fourth-order valence-electron chi connectivity index (χ4n) is 2.35. The van der Waals surface area contributed by atoms with Gasteiger partial charge in [-0.3, -0.25) is 4.79 Å². The third kappa shape index (κ3) is 2.47. The topological polar surface area (TPSA) is 20.3 Å². The SMILES string of the molecule is C=C1C[C@@H](C(C)(C)C)CN(c2ccccc2)C1=O. The minimum Gasteiger partial charge on any atom is -0.308 e. The van der Waals surface area contributed by atoms with E-state index in [9.17, 15) is 4.79 Å². The largest absolute Gasteiger partial charge is 0.308 e. The molecule has 0 aromatic heterocycles. The minimum atomic E-state index is 0.0710. The Morgan fingerprint density at radius 3 is 2.39 bits per heavy atom. The van der Waals surface area contributed by atoms with Crippen molar-refractivity contribution in [3.8, 4) is 0 Å². The zero-order valence-corrected chi connectivity index (χ0v) is 11.4. The first-order valence-corrected chi connectivity index (χ1v) is 6.44. The average molecular weight is 243 g/mol. The zero-order chi connectivity index (χ0) is 13.3. The van der Waals surface area contributed by atoms with Crippen molar-refractivity contribution in [1.82, 2.24) is 0 Å². The van der Waals surface area contributed by atoms with E-state index in [-0.39, 0.29) is 11.3 Å². The number of hydrogen-bond acceptors (Lipinski definition) is 1. The van der Waals surface area contributed by atoms with Crippen LogP contribution < -0.4 is 4.90 Å². The predicted molar refractivity (Wildman–Crippen MR) is 75.5 cm³/mol. The Kier molecular flexibility index (Phi) is 3.29. The van der Waals surface area contributed by atoms with Gasteiger partial charge in [0.1, 0.15) is 0 Å². The molecule has 0 spiro atoms. The van der Waals surface area contributed by atoms with E-state index in [4.69, 9.17) is 0 Å². The third-order valence-electron chi connectivity index (χ3n) is 3.74. The lowest BCUT2D eigenvalue weighted by Gasteiger charge is -2.40. The summed E-state index contributed by atoms with van der Waals surface area (Å²) >= 11 is 0. The van der Waals surface area contributed by atoms with Gasteiger partial charge in [-0.05, 0) is 29.9 Å². The van der Waals surface area contributed by atoms with Gasteiger partial charge in [0.15, 0.2) is 0 Å². The fraction of sp³-hybridized carbons (Fsp3) is 0.438. The molecule has 1 saturated heterocycles. The van der Waals surface area contributed by atoms with E-state index < -0.39 is 0 Å². The summed E-state index contributed by atoms with van der Waals surface area (Å²) in [4.78, 5) is 14.1. The van der Waals surface area contributed by atoms with Crippen molar-refractivity contribution in [2.75, 3.05) is 11.4 Å². The summed E-state index contributed by atoms with van der Waals surface area (Å²) in [5.41, 5.74) is 1.89. The summed E-state index contributed by atoms with van der Waals surface area (Å²) in [6.07, 6.45) is 0.811. The number of amides is 1. The van der Waals surface area contributed by atoms with Crippen LogP contribution in [0.1, 0.15) is 27.2 Å². The quantitative estimate of drug-likeness (QED) is 0.690. The maximum Gasteiger partial charge on any atom is 0.253 e. The Morgan fingerprint density at radius 2 is 1.83 bits per heavy atom. The molecule has 1 aliphatic rings. The summed E-state index contributed by atoms with van der Waals surface area (Å²) in [6, 6.07) is 9.86. The van der Waals surface area contributed by atoms with Gasteiger partial charge in [0.05, 0.1) is 0 Å². The van der Waals surface area contributed by atoms with Gasteiger partial charge in [-0.25, -0.2) is 0 Å². The van der Waals surface area contributed by atoms with Gasteiger partial charge in [-0.2, -0.15) is 0 Å². The highest BCUT2D eigenvalue weighted by molar-refractivity contribution is 6.06. The van der Waals surface area contributed by atoms with Crippen LogP contribution in [0.2, 0.25) is 0 Å². The van der Waals surface area contributed by atoms with Crippen molar-refractivity contribution < 1.29 is 4.79 Å². The molecule has 1 amide bonds. The van der Waals surface area contributed by atoms with Crippen molar-refractivity contribution in [1.29, 1.82) is 0 Å². The van der Waals surface area contributed by atoms with Crippen LogP contribution in [0.15, 0.2) is 42.5 Å². The van der Waals surface area contributed by atoms with Gasteiger partial charge in [-0.15, -0.1) is 0 Å². The van der Waals surface area contributed by atoms with Gasteiger partial charge in [0.25, 0.3) is 5.91 Å². The van der Waals surface area contributed by atoms with Crippen LogP contribution in [0.25, 0.3) is 0 Å². The lowest BCUT2D eigenvalue weighted by molar-refractivity contribution is -0.116. The maximum atomic E-state index is 12.2. The highest BCUT2D eigenvalue weighted by Gasteiger charge is 2.35. The highest BCUT2D eigenvalue weighted by Crippen LogP contribution is 2.36.